The van der Waals surface area contributed by atoms with Crippen molar-refractivity contribution in [2.75, 3.05) is 5.32 Å². The van der Waals surface area contributed by atoms with Crippen molar-refractivity contribution in [3.63, 3.8) is 0 Å². The van der Waals surface area contributed by atoms with Crippen LogP contribution < -0.4 is 5.32 Å². The van der Waals surface area contributed by atoms with Crippen LogP contribution in [0.5, 0.6) is 0 Å². The van der Waals surface area contributed by atoms with E-state index in [-0.39, 0.29) is 5.91 Å². The summed E-state index contributed by atoms with van der Waals surface area (Å²) in [7, 11) is 0. The predicted molar refractivity (Wildman–Crippen MR) is 86.9 cm³/mol. The number of nitrogens with one attached hydrogen (secondary N) is 2. The Morgan fingerprint density at radius 1 is 1.18 bits per heavy atom. The lowest BCUT2D eigenvalue weighted by atomic mass is 10.1. The van der Waals surface area contributed by atoms with Crippen molar-refractivity contribution in [2.24, 2.45) is 0 Å². The summed E-state index contributed by atoms with van der Waals surface area (Å²) in [6.45, 7) is 4.08. The van der Waals surface area contributed by atoms with E-state index in [1.807, 2.05) is 38.2 Å². The van der Waals surface area contributed by atoms with Crippen molar-refractivity contribution in [2.45, 2.75) is 13.8 Å². The van der Waals surface area contributed by atoms with Crippen molar-refractivity contribution in [3.05, 3.63) is 64.8 Å². The van der Waals surface area contributed by atoms with Gasteiger partial charge in [-0.25, -0.2) is 0 Å². The van der Waals surface area contributed by atoms with Gasteiger partial charge in [-0.3, -0.25) is 4.79 Å². The van der Waals surface area contributed by atoms with Crippen molar-refractivity contribution in [3.8, 4) is 6.07 Å². The molecule has 1 heterocycles. The van der Waals surface area contributed by atoms with E-state index >= 15 is 0 Å². The maximum absolute atomic E-state index is 12.4. The molecule has 0 aliphatic heterocycles. The van der Waals surface area contributed by atoms with E-state index in [4.69, 9.17) is 5.26 Å². The van der Waals surface area contributed by atoms with Crippen molar-refractivity contribution >= 4 is 22.5 Å². The maximum Gasteiger partial charge on any atom is 0.255 e. The quantitative estimate of drug-likeness (QED) is 0.751. The number of carbonyl (C=O) groups is 1. The fourth-order valence-corrected chi connectivity index (χ4v) is 2.65. The number of rotatable bonds is 2. The van der Waals surface area contributed by atoms with E-state index in [0.29, 0.717) is 11.1 Å². The standard InChI is InChI=1S/C18H15N3O/c1-11-6-7-15(17-16(11)12(2)10-20-17)21-18(22)14-5-3-4-13(8-14)9-19/h3-8,10,20H,1-2H3,(H,21,22). The maximum atomic E-state index is 12.4. The molecular formula is C18H15N3O. The monoisotopic (exact) mass is 289 g/mol. The van der Waals surface area contributed by atoms with Gasteiger partial charge in [-0.05, 0) is 49.2 Å². The number of amides is 1. The van der Waals surface area contributed by atoms with Crippen molar-refractivity contribution in [1.82, 2.24) is 4.98 Å². The fraction of sp³-hybridized carbons (Fsp3) is 0.111. The number of H-pyrrole nitrogens is 1. The molecule has 2 aromatic carbocycles. The lowest BCUT2D eigenvalue weighted by Crippen LogP contribution is -2.12. The molecule has 3 aromatic rings. The summed E-state index contributed by atoms with van der Waals surface area (Å²) in [5, 5.41) is 13.0. The first kappa shape index (κ1) is 13.9. The average Bonchev–Trinajstić information content (AvgIpc) is 2.93. The summed E-state index contributed by atoms with van der Waals surface area (Å²) in [5.74, 6) is -0.227. The Hall–Kier alpha value is -3.06. The summed E-state index contributed by atoms with van der Waals surface area (Å²) in [6.07, 6.45) is 1.93. The van der Waals surface area contributed by atoms with Crippen LogP contribution in [-0.2, 0) is 0 Å². The third-order valence-electron chi connectivity index (χ3n) is 3.74. The molecule has 1 amide bonds. The van der Waals surface area contributed by atoms with Crippen LogP contribution in [0, 0.1) is 25.2 Å². The number of fused-ring (bicyclic) bond motifs is 1. The molecular weight excluding hydrogens is 274 g/mol. The summed E-state index contributed by atoms with van der Waals surface area (Å²) in [4.78, 5) is 15.6. The van der Waals surface area contributed by atoms with Gasteiger partial charge in [0.2, 0.25) is 0 Å². The molecule has 3 rings (SSSR count). The van der Waals surface area contributed by atoms with Gasteiger partial charge in [-0.2, -0.15) is 5.26 Å². The Morgan fingerprint density at radius 3 is 2.77 bits per heavy atom. The first-order valence-corrected chi connectivity index (χ1v) is 6.99. The van der Waals surface area contributed by atoms with Gasteiger partial charge < -0.3 is 10.3 Å². The Balaban J connectivity index is 1.98. The smallest absolute Gasteiger partial charge is 0.255 e. The zero-order chi connectivity index (χ0) is 15.7. The van der Waals surface area contributed by atoms with Crippen LogP contribution in [0.25, 0.3) is 10.9 Å². The summed E-state index contributed by atoms with van der Waals surface area (Å²) < 4.78 is 0. The largest absolute Gasteiger partial charge is 0.359 e. The second-order valence-electron chi connectivity index (χ2n) is 5.30. The Morgan fingerprint density at radius 2 is 2.00 bits per heavy atom. The fourth-order valence-electron chi connectivity index (χ4n) is 2.65. The van der Waals surface area contributed by atoms with Gasteiger partial charge in [-0.15, -0.1) is 0 Å². The summed E-state index contributed by atoms with van der Waals surface area (Å²) >= 11 is 0. The highest BCUT2D eigenvalue weighted by molar-refractivity contribution is 6.09. The van der Waals surface area contributed by atoms with Gasteiger partial charge in [0.1, 0.15) is 0 Å². The van der Waals surface area contributed by atoms with Crippen molar-refractivity contribution < 1.29 is 4.79 Å². The number of aryl methyl sites for hydroxylation is 2. The number of hydrogen-bond donors (Lipinski definition) is 2. The molecule has 108 valence electrons. The van der Waals surface area contributed by atoms with E-state index in [2.05, 4.69) is 10.3 Å². The molecule has 0 saturated carbocycles. The van der Waals surface area contributed by atoms with Crippen LogP contribution in [0.4, 0.5) is 5.69 Å². The lowest BCUT2D eigenvalue weighted by molar-refractivity contribution is 0.102. The van der Waals surface area contributed by atoms with Crippen LogP contribution in [0.3, 0.4) is 0 Å². The molecule has 4 heteroatoms. The molecule has 0 bridgehead atoms. The lowest BCUT2D eigenvalue weighted by Gasteiger charge is -2.08. The molecule has 4 nitrogen and oxygen atoms in total. The predicted octanol–water partition coefficient (Wildman–Crippen LogP) is 3.91. The molecule has 0 aliphatic carbocycles. The van der Waals surface area contributed by atoms with E-state index in [1.165, 1.54) is 5.56 Å². The number of aromatic nitrogens is 1. The first-order chi connectivity index (χ1) is 10.6. The summed E-state index contributed by atoms with van der Waals surface area (Å²) in [6, 6.07) is 12.6. The highest BCUT2D eigenvalue weighted by atomic mass is 16.1. The normalized spacial score (nSPS) is 10.4. The van der Waals surface area contributed by atoms with Crippen LogP contribution >= 0.6 is 0 Å². The van der Waals surface area contributed by atoms with Crippen LogP contribution in [-0.4, -0.2) is 10.9 Å². The SMILES string of the molecule is Cc1ccc(NC(=O)c2cccc(C#N)c2)c2[nH]cc(C)c12. The molecule has 0 aliphatic rings. The number of nitrogens with zero attached hydrogens (tertiary/aromatic N) is 1. The van der Waals surface area contributed by atoms with Gasteiger partial charge in [0.15, 0.2) is 0 Å². The molecule has 2 N–H and O–H groups in total. The van der Waals surface area contributed by atoms with E-state index in [1.54, 1.807) is 24.3 Å². The third kappa shape index (κ3) is 2.33. The van der Waals surface area contributed by atoms with Crippen molar-refractivity contribution in [1.29, 1.82) is 5.26 Å². The highest BCUT2D eigenvalue weighted by Gasteiger charge is 2.12. The van der Waals surface area contributed by atoms with Crippen LogP contribution in [0.1, 0.15) is 27.0 Å². The first-order valence-electron chi connectivity index (χ1n) is 6.99. The molecule has 0 atom stereocenters. The third-order valence-corrected chi connectivity index (χ3v) is 3.74. The van der Waals surface area contributed by atoms with E-state index in [9.17, 15) is 4.79 Å². The molecule has 1 aromatic heterocycles. The molecule has 0 saturated heterocycles. The van der Waals surface area contributed by atoms with Gasteiger partial charge in [-0.1, -0.05) is 12.1 Å². The molecule has 22 heavy (non-hydrogen) atoms. The van der Waals surface area contributed by atoms with E-state index < -0.39 is 0 Å². The summed E-state index contributed by atoms with van der Waals surface area (Å²) in [5.41, 5.74) is 4.91. The molecule has 0 fully saturated rings. The Bertz CT molecular complexity index is 916. The Labute approximate surface area is 128 Å². The van der Waals surface area contributed by atoms with Crippen LogP contribution in [0.15, 0.2) is 42.6 Å². The molecule has 0 spiro atoms. The average molecular weight is 289 g/mol. The van der Waals surface area contributed by atoms with E-state index in [0.717, 1.165) is 22.2 Å². The number of carbonyl (C=O) groups excluding carboxylic acids is 1. The van der Waals surface area contributed by atoms with Gasteiger partial charge >= 0.3 is 0 Å². The minimum Gasteiger partial charge on any atom is -0.359 e. The highest BCUT2D eigenvalue weighted by Crippen LogP contribution is 2.28. The zero-order valence-electron chi connectivity index (χ0n) is 12.4. The van der Waals surface area contributed by atoms with Gasteiger partial charge in [0, 0.05) is 17.1 Å². The van der Waals surface area contributed by atoms with Gasteiger partial charge in [0.25, 0.3) is 5.91 Å². The number of benzene rings is 2. The minimum atomic E-state index is -0.227. The topological polar surface area (TPSA) is 68.7 Å². The zero-order valence-corrected chi connectivity index (χ0v) is 12.4. The second kappa shape index (κ2) is 5.38. The van der Waals surface area contributed by atoms with Crippen LogP contribution in [0.2, 0.25) is 0 Å². The number of hydrogen-bond acceptors (Lipinski definition) is 2. The minimum absolute atomic E-state index is 0.227. The molecule has 0 radical (unpaired) electrons. The number of anilines is 1. The number of aromatic amines is 1. The molecule has 0 unspecified atom stereocenters. The number of nitriles is 1. The van der Waals surface area contributed by atoms with Gasteiger partial charge in [0.05, 0.1) is 22.8 Å². The second-order valence-corrected chi connectivity index (χ2v) is 5.30. The Kier molecular flexibility index (Phi) is 3.40.